The molecule has 0 aliphatic carbocycles. The molecule has 2 amide bonds. The second-order valence-electron chi connectivity index (χ2n) is 7.21. The van der Waals surface area contributed by atoms with Crippen molar-refractivity contribution in [1.82, 2.24) is 9.88 Å². The minimum absolute atomic E-state index is 0.0642. The van der Waals surface area contributed by atoms with Crippen LogP contribution in [-0.4, -0.2) is 38.9 Å². The van der Waals surface area contributed by atoms with E-state index < -0.39 is 10.8 Å². The van der Waals surface area contributed by atoms with Gasteiger partial charge in [-0.05, 0) is 43.5 Å². The third-order valence-corrected chi connectivity index (χ3v) is 7.40. The molecule has 1 unspecified atom stereocenters. The average molecular weight is 457 g/mol. The summed E-state index contributed by atoms with van der Waals surface area (Å²) >= 11 is 2.70. The van der Waals surface area contributed by atoms with E-state index in [2.05, 4.69) is 0 Å². The predicted molar refractivity (Wildman–Crippen MR) is 120 cm³/mol. The molecule has 1 aromatic heterocycles. The summed E-state index contributed by atoms with van der Waals surface area (Å²) in [5.74, 6) is -0.747. The van der Waals surface area contributed by atoms with Crippen LogP contribution in [0.5, 0.6) is 0 Å². The molecule has 0 saturated carbocycles. The molecule has 8 nitrogen and oxygen atoms in total. The molecule has 2 aromatic carbocycles. The number of aromatic nitrogens is 1. The number of nitro groups is 1. The Kier molecular flexibility index (Phi) is 6.19. The molecule has 0 radical (unpaired) electrons. The first-order chi connectivity index (χ1) is 14.9. The number of para-hydroxylation sites is 1. The van der Waals surface area contributed by atoms with Gasteiger partial charge in [-0.25, -0.2) is 4.98 Å². The summed E-state index contributed by atoms with van der Waals surface area (Å²) in [6.45, 7) is 0.642. The van der Waals surface area contributed by atoms with Gasteiger partial charge in [0.05, 0.1) is 31.8 Å². The number of hydrogen-bond donors (Lipinski definition) is 1. The van der Waals surface area contributed by atoms with Crippen LogP contribution in [0.3, 0.4) is 0 Å². The summed E-state index contributed by atoms with van der Waals surface area (Å²) in [6.07, 6.45) is 2.80. The van der Waals surface area contributed by atoms with E-state index in [4.69, 9.17) is 10.7 Å². The molecule has 4 rings (SSSR count). The summed E-state index contributed by atoms with van der Waals surface area (Å²) in [5, 5.41) is 12.3. The fourth-order valence-corrected chi connectivity index (χ4v) is 5.68. The molecular weight excluding hydrogens is 436 g/mol. The van der Waals surface area contributed by atoms with Crippen LogP contribution in [0.15, 0.2) is 47.4 Å². The standard InChI is InChI=1S/C21H20N4O4S2/c22-20(27)13-8-9-18(16(11-13)25(28)29)30-12-19(26)24-10-4-3-6-15(24)21-23-14-5-1-2-7-17(14)31-21/h1-2,5,7-9,11,15H,3-4,6,10,12H2,(H2,22,27). The number of thiazole rings is 1. The van der Waals surface area contributed by atoms with Gasteiger partial charge in [0.15, 0.2) is 0 Å². The van der Waals surface area contributed by atoms with Crippen LogP contribution >= 0.6 is 23.1 Å². The number of nitro benzene ring substituents is 1. The summed E-state index contributed by atoms with van der Waals surface area (Å²) in [4.78, 5) is 42.1. The molecule has 1 saturated heterocycles. The maximum absolute atomic E-state index is 13.1. The van der Waals surface area contributed by atoms with Gasteiger partial charge in [-0.3, -0.25) is 19.7 Å². The maximum Gasteiger partial charge on any atom is 0.283 e. The topological polar surface area (TPSA) is 119 Å². The van der Waals surface area contributed by atoms with E-state index in [9.17, 15) is 19.7 Å². The third kappa shape index (κ3) is 4.54. The van der Waals surface area contributed by atoms with Crippen molar-refractivity contribution in [3.8, 4) is 0 Å². The van der Waals surface area contributed by atoms with Crippen LogP contribution in [0.25, 0.3) is 10.2 Å². The Morgan fingerprint density at radius 2 is 2.06 bits per heavy atom. The highest BCUT2D eigenvalue weighted by atomic mass is 32.2. The molecule has 10 heteroatoms. The molecular formula is C21H20N4O4S2. The third-order valence-electron chi connectivity index (χ3n) is 5.21. The Labute approximate surface area is 186 Å². The number of hydrogen-bond acceptors (Lipinski definition) is 7. The zero-order valence-corrected chi connectivity index (χ0v) is 18.2. The van der Waals surface area contributed by atoms with Crippen LogP contribution in [0.4, 0.5) is 5.69 Å². The first-order valence-electron chi connectivity index (χ1n) is 9.80. The van der Waals surface area contributed by atoms with E-state index in [1.165, 1.54) is 12.1 Å². The number of likely N-dealkylation sites (tertiary alicyclic amines) is 1. The number of amides is 2. The van der Waals surface area contributed by atoms with Crippen molar-refractivity contribution in [1.29, 1.82) is 0 Å². The fourth-order valence-electron chi connectivity index (χ4n) is 3.68. The molecule has 2 N–H and O–H groups in total. The van der Waals surface area contributed by atoms with Crippen molar-refractivity contribution in [2.45, 2.75) is 30.2 Å². The second-order valence-corrected chi connectivity index (χ2v) is 9.29. The van der Waals surface area contributed by atoms with E-state index >= 15 is 0 Å². The van der Waals surface area contributed by atoms with Gasteiger partial charge in [-0.15, -0.1) is 23.1 Å². The van der Waals surface area contributed by atoms with Gasteiger partial charge in [-0.2, -0.15) is 0 Å². The van der Waals surface area contributed by atoms with Crippen LogP contribution in [0, 0.1) is 10.1 Å². The molecule has 2 heterocycles. The van der Waals surface area contributed by atoms with Crippen molar-refractivity contribution in [2.75, 3.05) is 12.3 Å². The molecule has 1 fully saturated rings. The van der Waals surface area contributed by atoms with E-state index in [1.807, 2.05) is 29.2 Å². The zero-order valence-electron chi connectivity index (χ0n) is 16.5. The quantitative estimate of drug-likeness (QED) is 0.338. The lowest BCUT2D eigenvalue weighted by Gasteiger charge is -2.34. The number of carbonyl (C=O) groups is 2. The Morgan fingerprint density at radius 1 is 1.26 bits per heavy atom. The summed E-state index contributed by atoms with van der Waals surface area (Å²) in [7, 11) is 0. The Hall–Kier alpha value is -2.98. The molecule has 160 valence electrons. The van der Waals surface area contributed by atoms with Gasteiger partial charge >= 0.3 is 0 Å². The number of fused-ring (bicyclic) bond motifs is 1. The summed E-state index contributed by atoms with van der Waals surface area (Å²) < 4.78 is 1.09. The second kappa shape index (κ2) is 9.03. The SMILES string of the molecule is NC(=O)c1ccc(SCC(=O)N2CCCCC2c2nc3ccccc3s2)c([N+](=O)[O-])c1. The van der Waals surface area contributed by atoms with Crippen molar-refractivity contribution >= 4 is 50.8 Å². The average Bonchev–Trinajstić information content (AvgIpc) is 3.21. The van der Waals surface area contributed by atoms with Gasteiger partial charge < -0.3 is 10.6 Å². The van der Waals surface area contributed by atoms with Gasteiger partial charge in [0, 0.05) is 18.2 Å². The number of nitrogens with zero attached hydrogens (tertiary/aromatic N) is 3. The highest BCUT2D eigenvalue weighted by Crippen LogP contribution is 2.37. The normalized spacial score (nSPS) is 16.4. The lowest BCUT2D eigenvalue weighted by Crippen LogP contribution is -2.39. The fraction of sp³-hybridized carbons (Fsp3) is 0.286. The number of primary amides is 1. The lowest BCUT2D eigenvalue weighted by atomic mass is 10.0. The first-order valence-corrected chi connectivity index (χ1v) is 11.6. The molecule has 0 spiro atoms. The minimum atomic E-state index is -0.734. The molecule has 1 aliphatic rings. The van der Waals surface area contributed by atoms with E-state index in [-0.39, 0.29) is 29.0 Å². The summed E-state index contributed by atoms with van der Waals surface area (Å²) in [5.41, 5.74) is 5.99. The van der Waals surface area contributed by atoms with Gasteiger partial charge in [-0.1, -0.05) is 12.1 Å². The highest BCUT2D eigenvalue weighted by molar-refractivity contribution is 8.00. The van der Waals surface area contributed by atoms with Crippen LogP contribution in [0.2, 0.25) is 0 Å². The first kappa shape index (κ1) is 21.3. The number of nitrogens with two attached hydrogens (primary N) is 1. The van der Waals surface area contributed by atoms with E-state index in [0.29, 0.717) is 11.4 Å². The molecule has 31 heavy (non-hydrogen) atoms. The Bertz CT molecular complexity index is 1130. The smallest absolute Gasteiger partial charge is 0.283 e. The van der Waals surface area contributed by atoms with Crippen LogP contribution in [-0.2, 0) is 4.79 Å². The molecule has 1 aliphatic heterocycles. The van der Waals surface area contributed by atoms with E-state index in [0.717, 1.165) is 52.3 Å². The summed E-state index contributed by atoms with van der Waals surface area (Å²) in [6, 6.07) is 11.9. The Morgan fingerprint density at radius 3 is 2.81 bits per heavy atom. The van der Waals surface area contributed by atoms with Crippen LogP contribution < -0.4 is 5.73 Å². The lowest BCUT2D eigenvalue weighted by molar-refractivity contribution is -0.387. The predicted octanol–water partition coefficient (Wildman–Crippen LogP) is 4.15. The largest absolute Gasteiger partial charge is 0.366 e. The number of piperidine rings is 1. The number of benzene rings is 2. The van der Waals surface area contributed by atoms with Crippen molar-refractivity contribution in [3.63, 3.8) is 0 Å². The van der Waals surface area contributed by atoms with Gasteiger partial charge in [0.1, 0.15) is 5.01 Å². The monoisotopic (exact) mass is 456 g/mol. The van der Waals surface area contributed by atoms with Crippen LogP contribution in [0.1, 0.15) is 40.7 Å². The number of carbonyl (C=O) groups excluding carboxylic acids is 2. The van der Waals surface area contributed by atoms with Crippen molar-refractivity contribution < 1.29 is 14.5 Å². The Balaban J connectivity index is 1.52. The van der Waals surface area contributed by atoms with E-state index in [1.54, 1.807) is 11.3 Å². The van der Waals surface area contributed by atoms with Gasteiger partial charge in [0.2, 0.25) is 11.8 Å². The van der Waals surface area contributed by atoms with Crippen molar-refractivity contribution in [2.24, 2.45) is 5.73 Å². The number of thioether (sulfide) groups is 1. The van der Waals surface area contributed by atoms with Crippen molar-refractivity contribution in [3.05, 3.63) is 63.1 Å². The molecule has 0 bridgehead atoms. The maximum atomic E-state index is 13.1. The molecule has 3 aromatic rings. The van der Waals surface area contributed by atoms with Gasteiger partial charge in [0.25, 0.3) is 5.69 Å². The molecule has 1 atom stereocenters. The highest BCUT2D eigenvalue weighted by Gasteiger charge is 2.30. The zero-order chi connectivity index (χ0) is 22.0. The number of rotatable bonds is 6. The minimum Gasteiger partial charge on any atom is -0.366 e.